The fourth-order valence-electron chi connectivity index (χ4n) is 4.84. The van der Waals surface area contributed by atoms with Crippen molar-refractivity contribution in [2.75, 3.05) is 0 Å². The fourth-order valence-corrected chi connectivity index (χ4v) is 4.84. The zero-order valence-electron chi connectivity index (χ0n) is 19.0. The number of aromatic nitrogens is 1. The molecule has 1 heterocycles. The van der Waals surface area contributed by atoms with Crippen molar-refractivity contribution in [1.82, 2.24) is 4.57 Å². The summed E-state index contributed by atoms with van der Waals surface area (Å²) in [5, 5.41) is 3.66. The molecule has 0 unspecified atom stereocenters. The molecule has 0 N–H and O–H groups in total. The number of benzene rings is 1. The molecule has 150 valence electrons. The number of fused-ring (bicyclic) bond motifs is 1. The molecular formula is C28H33N. The molecule has 1 aliphatic rings. The van der Waals surface area contributed by atoms with Crippen molar-refractivity contribution in [1.29, 1.82) is 0 Å². The minimum absolute atomic E-state index is 0.917. The Morgan fingerprint density at radius 2 is 1.48 bits per heavy atom. The minimum Gasteiger partial charge on any atom is -0.344 e. The van der Waals surface area contributed by atoms with Crippen molar-refractivity contribution >= 4 is 35.2 Å². The quantitative estimate of drug-likeness (QED) is 0.588. The first kappa shape index (κ1) is 20.9. The van der Waals surface area contributed by atoms with Gasteiger partial charge in [0.15, 0.2) is 0 Å². The molecule has 1 aromatic heterocycles. The van der Waals surface area contributed by atoms with E-state index >= 15 is 0 Å². The highest BCUT2D eigenvalue weighted by Gasteiger charge is 2.22. The maximum absolute atomic E-state index is 4.61. The number of aryl methyl sites for hydroxylation is 3. The van der Waals surface area contributed by atoms with Crippen molar-refractivity contribution in [3.8, 4) is 0 Å². The van der Waals surface area contributed by atoms with Gasteiger partial charge in [-0.2, -0.15) is 0 Å². The van der Waals surface area contributed by atoms with Crippen LogP contribution in [0.1, 0.15) is 56.5 Å². The summed E-state index contributed by atoms with van der Waals surface area (Å²) < 4.78 is 2.31. The Balaban J connectivity index is 2.58. The summed E-state index contributed by atoms with van der Waals surface area (Å²) in [6.07, 6.45) is 13.9. The van der Waals surface area contributed by atoms with Gasteiger partial charge < -0.3 is 4.57 Å². The molecule has 1 heteroatoms. The summed E-state index contributed by atoms with van der Waals surface area (Å²) in [4.78, 5) is 0. The first-order valence-electron chi connectivity index (χ1n) is 10.4. The van der Waals surface area contributed by atoms with E-state index in [4.69, 9.17) is 0 Å². The van der Waals surface area contributed by atoms with Crippen LogP contribution in [0.5, 0.6) is 0 Å². The molecule has 0 aliphatic heterocycles. The van der Waals surface area contributed by atoms with E-state index < -0.39 is 0 Å². The smallest absolute Gasteiger partial charge is 0.0527 e. The van der Waals surface area contributed by atoms with Gasteiger partial charge in [0.1, 0.15) is 0 Å². The molecule has 29 heavy (non-hydrogen) atoms. The third-order valence-electron chi connectivity index (χ3n) is 6.32. The van der Waals surface area contributed by atoms with Crippen LogP contribution in [0, 0.1) is 13.8 Å². The summed E-state index contributed by atoms with van der Waals surface area (Å²) in [6.45, 7) is 21.9. The van der Waals surface area contributed by atoms with E-state index in [0.29, 0.717) is 0 Å². The molecule has 0 spiro atoms. The average molecular weight is 384 g/mol. The number of allylic oxidation sites excluding steroid dienone is 7. The maximum Gasteiger partial charge on any atom is 0.0527 e. The molecule has 0 atom stereocenters. The standard InChI is InChI=1S/C28H33N/c1-10-13-22-16-24(18(5)17(22)4)27-21(8)26-20(7)25(15-12-3)29(9)28(26)19(6)23(27)14-11-2/h10-15H,5,8,16H2,1-4,6-7,9H3/b13-10-,14-11-,15-12-,27-24+. The molecule has 1 aliphatic carbocycles. The lowest BCUT2D eigenvalue weighted by molar-refractivity contribution is 0.943. The molecule has 0 fully saturated rings. The third-order valence-corrected chi connectivity index (χ3v) is 6.32. The van der Waals surface area contributed by atoms with Crippen molar-refractivity contribution in [2.24, 2.45) is 7.05 Å². The molecule has 0 saturated heterocycles. The zero-order chi connectivity index (χ0) is 21.5. The van der Waals surface area contributed by atoms with Crippen LogP contribution >= 0.6 is 0 Å². The number of nitrogens with zero attached hydrogens (tertiary/aromatic N) is 1. The molecule has 0 saturated carbocycles. The van der Waals surface area contributed by atoms with Crippen LogP contribution in [-0.2, 0) is 7.05 Å². The molecule has 2 aromatic rings. The van der Waals surface area contributed by atoms with Gasteiger partial charge in [-0.25, -0.2) is 0 Å². The lowest BCUT2D eigenvalue weighted by atomic mass is 9.93. The number of rotatable bonds is 3. The lowest BCUT2D eigenvalue weighted by Crippen LogP contribution is -2.31. The first-order valence-corrected chi connectivity index (χ1v) is 10.4. The maximum atomic E-state index is 4.61. The molecule has 0 amide bonds. The van der Waals surface area contributed by atoms with Crippen LogP contribution in [0.2, 0.25) is 0 Å². The van der Waals surface area contributed by atoms with E-state index in [1.165, 1.54) is 55.2 Å². The second-order valence-corrected chi connectivity index (χ2v) is 7.97. The van der Waals surface area contributed by atoms with Gasteiger partial charge in [-0.1, -0.05) is 43.5 Å². The van der Waals surface area contributed by atoms with Crippen molar-refractivity contribution < 1.29 is 0 Å². The molecular weight excluding hydrogens is 350 g/mol. The van der Waals surface area contributed by atoms with E-state index in [0.717, 1.165) is 17.2 Å². The highest BCUT2D eigenvalue weighted by Crippen LogP contribution is 2.36. The predicted molar refractivity (Wildman–Crippen MR) is 131 cm³/mol. The third kappa shape index (κ3) is 3.09. The van der Waals surface area contributed by atoms with Gasteiger partial charge >= 0.3 is 0 Å². The van der Waals surface area contributed by atoms with Crippen LogP contribution in [0.4, 0.5) is 0 Å². The van der Waals surface area contributed by atoms with Crippen LogP contribution in [0.15, 0.2) is 47.6 Å². The predicted octanol–water partition coefficient (Wildman–Crippen LogP) is 6.27. The van der Waals surface area contributed by atoms with Gasteiger partial charge in [-0.3, -0.25) is 0 Å². The van der Waals surface area contributed by atoms with E-state index in [-0.39, 0.29) is 0 Å². The molecule has 3 rings (SSSR count). The summed E-state index contributed by atoms with van der Waals surface area (Å²) in [5.41, 5.74) is 11.5. The largest absolute Gasteiger partial charge is 0.344 e. The second-order valence-electron chi connectivity index (χ2n) is 7.97. The van der Waals surface area contributed by atoms with Gasteiger partial charge in [0.2, 0.25) is 0 Å². The normalized spacial score (nSPS) is 17.4. The summed E-state index contributed by atoms with van der Waals surface area (Å²) in [7, 11) is 2.16. The van der Waals surface area contributed by atoms with Crippen LogP contribution in [0.25, 0.3) is 35.2 Å². The number of hydrogen-bond acceptors (Lipinski definition) is 0. The zero-order valence-corrected chi connectivity index (χ0v) is 19.0. The Labute approximate surface area is 175 Å². The molecule has 1 aromatic carbocycles. The summed E-state index contributed by atoms with van der Waals surface area (Å²) >= 11 is 0. The van der Waals surface area contributed by atoms with E-state index in [1.54, 1.807) is 0 Å². The Kier molecular flexibility index (Phi) is 5.71. The Hall–Kier alpha value is -2.80. The topological polar surface area (TPSA) is 4.93 Å². The van der Waals surface area contributed by atoms with Crippen LogP contribution < -0.4 is 10.4 Å². The second kappa shape index (κ2) is 7.91. The summed E-state index contributed by atoms with van der Waals surface area (Å²) in [6, 6.07) is 0. The van der Waals surface area contributed by atoms with Crippen molar-refractivity contribution in [3.05, 3.63) is 80.4 Å². The minimum atomic E-state index is 0.917. The highest BCUT2D eigenvalue weighted by molar-refractivity contribution is 5.95. The van der Waals surface area contributed by atoms with Gasteiger partial charge in [0.25, 0.3) is 0 Å². The Bertz CT molecular complexity index is 1250. The molecule has 0 bridgehead atoms. The number of hydrogen-bond donors (Lipinski definition) is 0. The fraction of sp³-hybridized carbons (Fsp3) is 0.286. The van der Waals surface area contributed by atoms with Crippen LogP contribution in [0.3, 0.4) is 0 Å². The van der Waals surface area contributed by atoms with Gasteiger partial charge in [0, 0.05) is 18.1 Å². The highest BCUT2D eigenvalue weighted by atomic mass is 14.9. The summed E-state index contributed by atoms with van der Waals surface area (Å²) in [5.74, 6) is 0. The first-order chi connectivity index (χ1) is 13.8. The monoisotopic (exact) mass is 383 g/mol. The van der Waals surface area contributed by atoms with E-state index in [9.17, 15) is 0 Å². The lowest BCUT2D eigenvalue weighted by Gasteiger charge is -2.12. The SMILES string of the molecule is C=C1C(C)=C(/C=C\C)C/C1=c1\c(/C=C\C)c(C)c2c(c(C)c(/C=C\C)n2C)c1=C. The van der Waals surface area contributed by atoms with Gasteiger partial charge in [-0.15, -0.1) is 0 Å². The van der Waals surface area contributed by atoms with E-state index in [1.807, 2.05) is 0 Å². The Morgan fingerprint density at radius 3 is 2.07 bits per heavy atom. The Morgan fingerprint density at radius 1 is 0.862 bits per heavy atom. The van der Waals surface area contributed by atoms with Gasteiger partial charge in [0.05, 0.1) is 5.52 Å². The van der Waals surface area contributed by atoms with E-state index in [2.05, 4.69) is 103 Å². The van der Waals surface area contributed by atoms with Crippen molar-refractivity contribution in [2.45, 2.75) is 48.0 Å². The average Bonchev–Trinajstić information content (AvgIpc) is 3.10. The van der Waals surface area contributed by atoms with Crippen molar-refractivity contribution in [3.63, 3.8) is 0 Å². The van der Waals surface area contributed by atoms with Gasteiger partial charge in [-0.05, 0) is 103 Å². The van der Waals surface area contributed by atoms with Crippen LogP contribution in [-0.4, -0.2) is 4.57 Å². The molecule has 0 radical (unpaired) electrons. The molecule has 1 nitrogen and oxygen atoms in total.